The average Bonchev–Trinajstić information content (AvgIpc) is 2.21. The third-order valence-corrected chi connectivity index (χ3v) is 2.45. The van der Waals surface area contributed by atoms with Crippen molar-refractivity contribution in [1.29, 1.82) is 0 Å². The minimum absolute atomic E-state index is 0.291. The number of benzene rings is 1. The first-order valence-corrected chi connectivity index (χ1v) is 4.81. The summed E-state index contributed by atoms with van der Waals surface area (Å²) in [4.78, 5) is 10.5. The molecule has 0 radical (unpaired) electrons. The van der Waals surface area contributed by atoms with Gasteiger partial charge in [0.05, 0.1) is 17.1 Å². The lowest BCUT2D eigenvalue weighted by molar-refractivity contribution is -0.147. The third kappa shape index (κ3) is 2.14. The summed E-state index contributed by atoms with van der Waals surface area (Å²) in [5.74, 6) is -4.37. The number of aliphatic hydroxyl groups excluding tert-OH is 1. The van der Waals surface area contributed by atoms with Crippen LogP contribution in [0.1, 0.15) is 11.7 Å². The van der Waals surface area contributed by atoms with Crippen molar-refractivity contribution in [3.63, 3.8) is 0 Å². The van der Waals surface area contributed by atoms with Crippen molar-refractivity contribution in [2.45, 2.75) is 6.10 Å². The highest BCUT2D eigenvalue weighted by Crippen LogP contribution is 2.35. The number of rotatable bonds is 3. The summed E-state index contributed by atoms with van der Waals surface area (Å²) >= 11 is 2.70. The van der Waals surface area contributed by atoms with Gasteiger partial charge in [0.15, 0.2) is 17.7 Å². The highest BCUT2D eigenvalue weighted by atomic mass is 79.9. The molecule has 0 fully saturated rings. The molecule has 1 atom stereocenters. The number of methoxy groups -OCH3 is 1. The van der Waals surface area contributed by atoms with Gasteiger partial charge in [-0.3, -0.25) is 0 Å². The van der Waals surface area contributed by atoms with E-state index in [1.807, 2.05) is 0 Å². The average molecular weight is 297 g/mol. The van der Waals surface area contributed by atoms with Crippen LogP contribution in [-0.4, -0.2) is 23.3 Å². The molecule has 0 saturated carbocycles. The molecule has 0 aliphatic rings. The zero-order valence-corrected chi connectivity index (χ0v) is 9.59. The molecule has 88 valence electrons. The van der Waals surface area contributed by atoms with E-state index in [-0.39, 0.29) is 4.47 Å². The van der Waals surface area contributed by atoms with E-state index >= 15 is 0 Å². The number of carbonyl (C=O) groups is 1. The summed E-state index contributed by atoms with van der Waals surface area (Å²) in [6.45, 7) is 0. The van der Waals surface area contributed by atoms with Crippen molar-refractivity contribution in [2.24, 2.45) is 0 Å². The van der Waals surface area contributed by atoms with Crippen LogP contribution in [0.3, 0.4) is 0 Å². The van der Waals surface area contributed by atoms with Gasteiger partial charge >= 0.3 is 5.97 Å². The van der Waals surface area contributed by atoms with Gasteiger partial charge in [0.1, 0.15) is 5.82 Å². The molecule has 1 unspecified atom stereocenters. The topological polar surface area (TPSA) is 66.8 Å². The Balaban J connectivity index is 3.50. The predicted octanol–water partition coefficient (Wildman–Crippen LogP) is 1.85. The highest BCUT2D eigenvalue weighted by Gasteiger charge is 2.28. The summed E-state index contributed by atoms with van der Waals surface area (Å²) in [5.41, 5.74) is -0.748. The smallest absolute Gasteiger partial charge is 0.337 e. The zero-order chi connectivity index (χ0) is 12.5. The van der Waals surface area contributed by atoms with E-state index in [0.717, 1.165) is 13.2 Å². The fourth-order valence-corrected chi connectivity index (χ4v) is 1.59. The number of carboxylic acids is 1. The fourth-order valence-electron chi connectivity index (χ4n) is 1.17. The van der Waals surface area contributed by atoms with Crippen molar-refractivity contribution in [2.75, 3.05) is 7.11 Å². The monoisotopic (exact) mass is 296 g/mol. The van der Waals surface area contributed by atoms with Gasteiger partial charge in [-0.25, -0.2) is 13.6 Å². The first kappa shape index (κ1) is 12.9. The van der Waals surface area contributed by atoms with E-state index in [1.165, 1.54) is 0 Å². The number of aliphatic hydroxyl groups is 1. The molecule has 4 nitrogen and oxygen atoms in total. The molecule has 1 aromatic carbocycles. The molecule has 1 rings (SSSR count). The second-order valence-electron chi connectivity index (χ2n) is 2.84. The maximum absolute atomic E-state index is 13.5. The first-order chi connectivity index (χ1) is 7.40. The number of ether oxygens (including phenoxy) is 1. The molecule has 0 heterocycles. The lowest BCUT2D eigenvalue weighted by Crippen LogP contribution is -2.14. The van der Waals surface area contributed by atoms with Gasteiger partial charge in [0, 0.05) is 0 Å². The molecule has 16 heavy (non-hydrogen) atoms. The SMILES string of the molecule is COc1c(F)cc(Br)c(F)c1C(O)C(=O)O. The summed E-state index contributed by atoms with van der Waals surface area (Å²) in [6, 6.07) is 0.784. The Morgan fingerprint density at radius 3 is 2.56 bits per heavy atom. The number of carboxylic acid groups (broad SMARTS) is 1. The Hall–Kier alpha value is -1.21. The van der Waals surface area contributed by atoms with Crippen LogP contribution in [0.2, 0.25) is 0 Å². The van der Waals surface area contributed by atoms with Crippen LogP contribution in [0.5, 0.6) is 5.75 Å². The fraction of sp³-hybridized carbons (Fsp3) is 0.222. The molecule has 0 saturated heterocycles. The van der Waals surface area contributed by atoms with Crippen molar-refractivity contribution < 1.29 is 28.5 Å². The van der Waals surface area contributed by atoms with Gasteiger partial charge in [-0.1, -0.05) is 0 Å². The highest BCUT2D eigenvalue weighted by molar-refractivity contribution is 9.10. The van der Waals surface area contributed by atoms with Crippen molar-refractivity contribution in [1.82, 2.24) is 0 Å². The quantitative estimate of drug-likeness (QED) is 0.836. The predicted molar refractivity (Wildman–Crippen MR) is 53.2 cm³/mol. The molecule has 0 bridgehead atoms. The standard InChI is InChI=1S/C9H7BrF2O4/c1-16-8-4(11)2-3(10)6(12)5(8)7(13)9(14)15/h2,7,13H,1H3,(H,14,15). The van der Waals surface area contributed by atoms with Crippen molar-refractivity contribution in [3.8, 4) is 5.75 Å². The third-order valence-electron chi connectivity index (χ3n) is 1.87. The summed E-state index contributed by atoms with van der Waals surface area (Å²) < 4.78 is 31.0. The van der Waals surface area contributed by atoms with E-state index in [4.69, 9.17) is 5.11 Å². The van der Waals surface area contributed by atoms with Gasteiger partial charge < -0.3 is 14.9 Å². The summed E-state index contributed by atoms with van der Waals surface area (Å²) in [7, 11) is 1.05. The van der Waals surface area contributed by atoms with Crippen LogP contribution >= 0.6 is 15.9 Å². The molecule has 0 spiro atoms. The Kier molecular flexibility index (Phi) is 3.82. The van der Waals surface area contributed by atoms with Crippen LogP contribution < -0.4 is 4.74 Å². The molecular weight excluding hydrogens is 290 g/mol. The first-order valence-electron chi connectivity index (χ1n) is 4.02. The lowest BCUT2D eigenvalue weighted by atomic mass is 10.1. The lowest BCUT2D eigenvalue weighted by Gasteiger charge is -2.14. The Morgan fingerprint density at radius 1 is 1.56 bits per heavy atom. The zero-order valence-electron chi connectivity index (χ0n) is 8.00. The molecule has 0 aliphatic carbocycles. The summed E-state index contributed by atoms with van der Waals surface area (Å²) in [5, 5.41) is 17.8. The van der Waals surface area contributed by atoms with Crippen molar-refractivity contribution >= 4 is 21.9 Å². The van der Waals surface area contributed by atoms with Gasteiger partial charge in [-0.15, -0.1) is 0 Å². The van der Waals surface area contributed by atoms with Gasteiger partial charge in [-0.05, 0) is 22.0 Å². The van der Waals surface area contributed by atoms with Crippen LogP contribution in [0, 0.1) is 11.6 Å². The van der Waals surface area contributed by atoms with Gasteiger partial charge in [0.25, 0.3) is 0 Å². The number of aliphatic carboxylic acids is 1. The van der Waals surface area contributed by atoms with Crippen LogP contribution in [0.4, 0.5) is 8.78 Å². The maximum atomic E-state index is 13.5. The van der Waals surface area contributed by atoms with Crippen LogP contribution in [0.15, 0.2) is 10.5 Å². The van der Waals surface area contributed by atoms with Crippen LogP contribution in [0.25, 0.3) is 0 Å². The van der Waals surface area contributed by atoms with E-state index < -0.39 is 35.0 Å². The normalized spacial score (nSPS) is 12.3. The molecular formula is C9H7BrF2O4. The van der Waals surface area contributed by atoms with Crippen LogP contribution in [-0.2, 0) is 4.79 Å². The number of hydrogen-bond acceptors (Lipinski definition) is 3. The molecule has 0 aromatic heterocycles. The molecule has 1 aromatic rings. The minimum atomic E-state index is -2.19. The molecule has 0 amide bonds. The second kappa shape index (κ2) is 4.75. The maximum Gasteiger partial charge on any atom is 0.337 e. The van der Waals surface area contributed by atoms with E-state index in [9.17, 15) is 18.7 Å². The van der Waals surface area contributed by atoms with Gasteiger partial charge in [-0.2, -0.15) is 0 Å². The minimum Gasteiger partial charge on any atom is -0.493 e. The Bertz CT molecular complexity index is 436. The summed E-state index contributed by atoms with van der Waals surface area (Å²) in [6.07, 6.45) is -2.19. The van der Waals surface area contributed by atoms with E-state index in [0.29, 0.717) is 0 Å². The molecule has 7 heteroatoms. The number of hydrogen-bond donors (Lipinski definition) is 2. The Labute approximate surface area is 97.6 Å². The molecule has 2 N–H and O–H groups in total. The van der Waals surface area contributed by atoms with Gasteiger partial charge in [0.2, 0.25) is 0 Å². The van der Waals surface area contributed by atoms with Crippen molar-refractivity contribution in [3.05, 3.63) is 27.7 Å². The largest absolute Gasteiger partial charge is 0.493 e. The Morgan fingerprint density at radius 2 is 2.12 bits per heavy atom. The van der Waals surface area contributed by atoms with E-state index in [1.54, 1.807) is 0 Å². The second-order valence-corrected chi connectivity index (χ2v) is 3.70. The molecule has 0 aliphatic heterocycles. The van der Waals surface area contributed by atoms with E-state index in [2.05, 4.69) is 20.7 Å². The number of halogens is 3.